The van der Waals surface area contributed by atoms with Crippen molar-refractivity contribution in [1.29, 1.82) is 5.41 Å². The van der Waals surface area contributed by atoms with Gasteiger partial charge < -0.3 is 21.1 Å². The summed E-state index contributed by atoms with van der Waals surface area (Å²) in [5, 5.41) is 11.8. The van der Waals surface area contributed by atoms with Crippen LogP contribution in [0.4, 0.5) is 5.69 Å². The number of carbonyl (C=O) groups excluding carboxylic acids is 1. The molecule has 1 aliphatic rings. The molecule has 1 aliphatic carbocycles. The van der Waals surface area contributed by atoms with Crippen LogP contribution in [0.25, 0.3) is 5.57 Å². The third-order valence-corrected chi connectivity index (χ3v) is 5.40. The number of nitrogens with zero attached hydrogens (tertiary/aromatic N) is 1. The molecule has 0 spiro atoms. The Labute approximate surface area is 208 Å². The molecule has 0 atom stereocenters. The van der Waals surface area contributed by atoms with E-state index in [0.29, 0.717) is 17.7 Å². The summed E-state index contributed by atoms with van der Waals surface area (Å²) in [6, 6.07) is 17.8. The van der Waals surface area contributed by atoms with Crippen LogP contribution in [0.15, 0.2) is 96.2 Å². The second kappa shape index (κ2) is 14.0. The topological polar surface area (TPSA) is 87.7 Å². The first-order valence-corrected chi connectivity index (χ1v) is 10.9. The van der Waals surface area contributed by atoms with Crippen LogP contribution in [0.5, 0.6) is 0 Å². The molecule has 0 saturated carbocycles. The summed E-state index contributed by atoms with van der Waals surface area (Å²) in [4.78, 5) is 13.7. The van der Waals surface area contributed by atoms with Crippen molar-refractivity contribution in [2.45, 2.75) is 26.2 Å². The Morgan fingerprint density at radius 2 is 1.82 bits per heavy atom. The molecule has 34 heavy (non-hydrogen) atoms. The fourth-order valence-corrected chi connectivity index (χ4v) is 3.52. The number of amides is 1. The Morgan fingerprint density at radius 1 is 1.09 bits per heavy atom. The van der Waals surface area contributed by atoms with Gasteiger partial charge in [0.05, 0.1) is 0 Å². The number of allylic oxidation sites excluding steroid dienone is 7. The second-order valence-electron chi connectivity index (χ2n) is 8.02. The van der Waals surface area contributed by atoms with Gasteiger partial charge in [-0.3, -0.25) is 4.79 Å². The molecule has 2 aromatic carbocycles. The van der Waals surface area contributed by atoms with E-state index >= 15 is 0 Å². The van der Waals surface area contributed by atoms with Crippen LogP contribution in [0.1, 0.15) is 42.1 Å². The zero-order chi connectivity index (χ0) is 22.9. The lowest BCUT2D eigenvalue weighted by Gasteiger charge is -2.11. The van der Waals surface area contributed by atoms with Crippen molar-refractivity contribution in [3.05, 3.63) is 107 Å². The Morgan fingerprint density at radius 3 is 2.50 bits per heavy atom. The summed E-state index contributed by atoms with van der Waals surface area (Å²) in [5.74, 6) is -0.0276. The van der Waals surface area contributed by atoms with Crippen molar-refractivity contribution in [3.8, 4) is 0 Å². The Bertz CT molecular complexity index is 1100. The number of rotatable bonds is 8. The van der Waals surface area contributed by atoms with Crippen molar-refractivity contribution in [3.63, 3.8) is 0 Å². The van der Waals surface area contributed by atoms with E-state index in [0.717, 1.165) is 24.1 Å². The molecule has 0 bridgehead atoms. The fraction of sp³-hybridized carbons (Fsp3) is 0.214. The third kappa shape index (κ3) is 7.87. The van der Waals surface area contributed by atoms with E-state index in [1.54, 1.807) is 25.1 Å². The maximum Gasteiger partial charge on any atom is 0.253 e. The van der Waals surface area contributed by atoms with E-state index < -0.39 is 0 Å². The average molecular weight is 480 g/mol. The van der Waals surface area contributed by atoms with E-state index in [1.165, 1.54) is 16.7 Å². The number of benzene rings is 2. The van der Waals surface area contributed by atoms with Gasteiger partial charge in [0.25, 0.3) is 5.91 Å². The van der Waals surface area contributed by atoms with Gasteiger partial charge in [0.1, 0.15) is 0 Å². The molecule has 2 aromatic rings. The number of hydrogen-bond acceptors (Lipinski definition) is 3. The van der Waals surface area contributed by atoms with Gasteiger partial charge >= 0.3 is 0 Å². The molecule has 0 aliphatic heterocycles. The van der Waals surface area contributed by atoms with Gasteiger partial charge in [0.2, 0.25) is 0 Å². The number of carbonyl (C=O) groups is 1. The van der Waals surface area contributed by atoms with Crippen molar-refractivity contribution >= 4 is 35.3 Å². The average Bonchev–Trinajstić information content (AvgIpc) is 3.05. The first kappa shape index (κ1) is 28.6. The van der Waals surface area contributed by atoms with Crippen LogP contribution >= 0.6 is 12.4 Å². The van der Waals surface area contributed by atoms with Crippen LogP contribution in [0.2, 0.25) is 0 Å². The summed E-state index contributed by atoms with van der Waals surface area (Å²) in [5.41, 5.74) is 6.82. The smallest absolute Gasteiger partial charge is 0.253 e. The Hall–Kier alpha value is -3.41. The SMILES string of the molecule is CCC1=CC=C(C(=N)C/C=C\Nc2cccc(C(=O)N(C)C)c2)C=C(c2ccccc2)C1.Cl.O. The van der Waals surface area contributed by atoms with Gasteiger partial charge in [-0.2, -0.15) is 0 Å². The molecule has 0 aromatic heterocycles. The molecule has 6 heteroatoms. The summed E-state index contributed by atoms with van der Waals surface area (Å²) < 4.78 is 0. The number of nitrogens with one attached hydrogen (secondary N) is 2. The highest BCUT2D eigenvalue weighted by Gasteiger charge is 2.11. The molecule has 0 unspecified atom stereocenters. The molecule has 0 fully saturated rings. The van der Waals surface area contributed by atoms with Gasteiger partial charge in [-0.15, -0.1) is 12.4 Å². The maximum atomic E-state index is 12.1. The molecule has 3 rings (SSSR count). The predicted octanol–water partition coefficient (Wildman–Crippen LogP) is 6.07. The number of anilines is 1. The number of hydrogen-bond donors (Lipinski definition) is 2. The lowest BCUT2D eigenvalue weighted by atomic mass is 9.96. The molecule has 5 nitrogen and oxygen atoms in total. The van der Waals surface area contributed by atoms with Crippen molar-refractivity contribution in [2.75, 3.05) is 19.4 Å². The third-order valence-electron chi connectivity index (χ3n) is 5.40. The van der Waals surface area contributed by atoms with E-state index in [4.69, 9.17) is 5.41 Å². The molecule has 4 N–H and O–H groups in total. The zero-order valence-electron chi connectivity index (χ0n) is 20.0. The molecule has 0 radical (unpaired) electrons. The number of halogens is 1. The van der Waals surface area contributed by atoms with Gasteiger partial charge in [-0.05, 0) is 60.0 Å². The minimum Gasteiger partial charge on any atom is -0.412 e. The highest BCUT2D eigenvalue weighted by Crippen LogP contribution is 2.28. The monoisotopic (exact) mass is 479 g/mol. The fourth-order valence-electron chi connectivity index (χ4n) is 3.52. The minimum absolute atomic E-state index is 0. The molecular weight excluding hydrogens is 446 g/mol. The second-order valence-corrected chi connectivity index (χ2v) is 8.02. The molecule has 180 valence electrons. The Kier molecular flexibility index (Phi) is 11.8. The van der Waals surface area contributed by atoms with Crippen molar-refractivity contribution < 1.29 is 10.3 Å². The first-order chi connectivity index (χ1) is 15.5. The lowest BCUT2D eigenvalue weighted by Crippen LogP contribution is -2.21. The first-order valence-electron chi connectivity index (χ1n) is 10.9. The molecule has 1 amide bonds. The van der Waals surface area contributed by atoms with Crippen molar-refractivity contribution in [2.24, 2.45) is 0 Å². The van der Waals surface area contributed by atoms with Crippen LogP contribution in [0.3, 0.4) is 0 Å². The predicted molar refractivity (Wildman–Crippen MR) is 146 cm³/mol. The van der Waals surface area contributed by atoms with Crippen LogP contribution < -0.4 is 5.32 Å². The minimum atomic E-state index is -0.0276. The van der Waals surface area contributed by atoms with E-state index in [2.05, 4.69) is 54.7 Å². The highest BCUT2D eigenvalue weighted by atomic mass is 35.5. The standard InChI is InChI=1S/C28H31N3O.ClH.H2O/c1-4-21-15-16-23(19-25(18-21)22-10-6-5-7-11-22)27(29)14-9-17-30-26-13-8-12-24(20-26)28(32)31(2)3;;/h5-13,15-17,19-20,29-30H,4,14,18H2,1-3H3;1H;1H2/b17-9-,29-27?;;. The lowest BCUT2D eigenvalue weighted by molar-refractivity contribution is 0.0827. The molecule has 0 heterocycles. The quantitative estimate of drug-likeness (QED) is 0.450. The summed E-state index contributed by atoms with van der Waals surface area (Å²) >= 11 is 0. The summed E-state index contributed by atoms with van der Waals surface area (Å²) in [6.45, 7) is 2.17. The molecular formula is C28H34ClN3O2. The summed E-state index contributed by atoms with van der Waals surface area (Å²) in [7, 11) is 3.49. The summed E-state index contributed by atoms with van der Waals surface area (Å²) in [6.07, 6.45) is 12.6. The molecule has 0 saturated heterocycles. The van der Waals surface area contributed by atoms with Gasteiger partial charge in [-0.1, -0.05) is 67.1 Å². The zero-order valence-corrected chi connectivity index (χ0v) is 20.8. The van der Waals surface area contributed by atoms with Crippen LogP contribution in [-0.4, -0.2) is 36.1 Å². The van der Waals surface area contributed by atoms with Crippen LogP contribution in [-0.2, 0) is 0 Å². The Balaban J connectivity index is 0.00000289. The van der Waals surface area contributed by atoms with Crippen molar-refractivity contribution in [1.82, 2.24) is 4.90 Å². The van der Waals surface area contributed by atoms with Gasteiger partial charge in [0.15, 0.2) is 0 Å². The normalized spacial score (nSPS) is 12.9. The van der Waals surface area contributed by atoms with Gasteiger partial charge in [0, 0.05) is 37.5 Å². The highest BCUT2D eigenvalue weighted by molar-refractivity contribution is 6.03. The maximum absolute atomic E-state index is 12.1. The van der Waals surface area contributed by atoms with E-state index in [-0.39, 0.29) is 23.8 Å². The van der Waals surface area contributed by atoms with E-state index in [9.17, 15) is 4.79 Å². The van der Waals surface area contributed by atoms with Crippen LogP contribution in [0, 0.1) is 5.41 Å². The largest absolute Gasteiger partial charge is 0.412 e. The van der Waals surface area contributed by atoms with Gasteiger partial charge in [-0.25, -0.2) is 0 Å². The van der Waals surface area contributed by atoms with E-state index in [1.807, 2.05) is 36.5 Å².